The van der Waals surface area contributed by atoms with Gasteiger partial charge in [-0.15, -0.1) is 0 Å². The molecular formula is C11H19N. The monoisotopic (exact) mass is 165 g/mol. The predicted molar refractivity (Wildman–Crippen MR) is 54.5 cm³/mol. The van der Waals surface area contributed by atoms with Crippen LogP contribution in [0.25, 0.3) is 0 Å². The first-order chi connectivity index (χ1) is 5.70. The first-order valence-corrected chi connectivity index (χ1v) is 4.93. The molecule has 1 nitrogen and oxygen atoms in total. The first-order valence-electron chi connectivity index (χ1n) is 4.93. The van der Waals surface area contributed by atoms with Gasteiger partial charge in [0.25, 0.3) is 0 Å². The predicted octanol–water partition coefficient (Wildman–Crippen LogP) is 3.56. The summed E-state index contributed by atoms with van der Waals surface area (Å²) in [5.74, 6) is 0.576. The van der Waals surface area contributed by atoms with Crippen LogP contribution in [-0.4, -0.2) is 6.21 Å². The first kappa shape index (κ1) is 9.50. The molecule has 0 spiro atoms. The SMILES string of the molecule is CC1=C(N=CC(C)C)CCCC1. The van der Waals surface area contributed by atoms with Gasteiger partial charge in [-0.3, -0.25) is 4.99 Å². The second-order valence-electron chi connectivity index (χ2n) is 3.96. The molecule has 0 unspecified atom stereocenters. The maximum absolute atomic E-state index is 4.52. The zero-order valence-electron chi connectivity index (χ0n) is 8.43. The topological polar surface area (TPSA) is 12.4 Å². The summed E-state index contributed by atoms with van der Waals surface area (Å²) >= 11 is 0. The van der Waals surface area contributed by atoms with Gasteiger partial charge in [0.1, 0.15) is 0 Å². The normalized spacial score (nSPS) is 19.7. The third kappa shape index (κ3) is 2.80. The highest BCUT2D eigenvalue weighted by Crippen LogP contribution is 2.24. The van der Waals surface area contributed by atoms with Crippen molar-refractivity contribution in [1.29, 1.82) is 0 Å². The molecule has 0 radical (unpaired) electrons. The lowest BCUT2D eigenvalue weighted by atomic mass is 9.98. The number of nitrogens with zero attached hydrogens (tertiary/aromatic N) is 1. The maximum atomic E-state index is 4.52. The van der Waals surface area contributed by atoms with Gasteiger partial charge in [0.2, 0.25) is 0 Å². The standard InChI is InChI=1S/C11H19N/c1-9(2)8-12-11-7-5-4-6-10(11)3/h8-9H,4-7H2,1-3H3. The highest BCUT2D eigenvalue weighted by atomic mass is 14.7. The smallest absolute Gasteiger partial charge is 0.0389 e. The molecule has 0 aromatic heterocycles. The summed E-state index contributed by atoms with van der Waals surface area (Å²) in [6.45, 7) is 6.55. The molecule has 0 saturated heterocycles. The summed E-state index contributed by atoms with van der Waals surface area (Å²) in [6, 6.07) is 0. The minimum absolute atomic E-state index is 0.576. The van der Waals surface area contributed by atoms with Crippen molar-refractivity contribution in [2.45, 2.75) is 46.5 Å². The van der Waals surface area contributed by atoms with Gasteiger partial charge in [-0.05, 0) is 38.5 Å². The summed E-state index contributed by atoms with van der Waals surface area (Å²) in [5.41, 5.74) is 2.84. The molecule has 0 aromatic carbocycles. The van der Waals surface area contributed by atoms with E-state index >= 15 is 0 Å². The van der Waals surface area contributed by atoms with Crippen LogP contribution >= 0.6 is 0 Å². The van der Waals surface area contributed by atoms with E-state index in [1.807, 2.05) is 0 Å². The summed E-state index contributed by atoms with van der Waals surface area (Å²) in [6.07, 6.45) is 7.18. The van der Waals surface area contributed by atoms with Crippen LogP contribution < -0.4 is 0 Å². The average molecular weight is 165 g/mol. The highest BCUT2D eigenvalue weighted by molar-refractivity contribution is 5.61. The van der Waals surface area contributed by atoms with E-state index in [0.717, 1.165) is 0 Å². The average Bonchev–Trinajstić information content (AvgIpc) is 2.03. The van der Waals surface area contributed by atoms with Crippen LogP contribution in [0, 0.1) is 5.92 Å². The zero-order valence-corrected chi connectivity index (χ0v) is 8.43. The third-order valence-corrected chi connectivity index (χ3v) is 2.24. The van der Waals surface area contributed by atoms with Crippen molar-refractivity contribution in [2.75, 3.05) is 0 Å². The number of hydrogen-bond donors (Lipinski definition) is 0. The molecule has 0 N–H and O–H groups in total. The summed E-state index contributed by atoms with van der Waals surface area (Å²) in [5, 5.41) is 0. The fraction of sp³-hybridized carbons (Fsp3) is 0.727. The van der Waals surface area contributed by atoms with E-state index in [4.69, 9.17) is 0 Å². The second-order valence-corrected chi connectivity index (χ2v) is 3.96. The molecule has 1 heteroatoms. The zero-order chi connectivity index (χ0) is 8.97. The van der Waals surface area contributed by atoms with E-state index in [1.54, 1.807) is 0 Å². The summed E-state index contributed by atoms with van der Waals surface area (Å²) in [4.78, 5) is 4.52. The summed E-state index contributed by atoms with van der Waals surface area (Å²) in [7, 11) is 0. The van der Waals surface area contributed by atoms with Crippen molar-refractivity contribution in [3.05, 3.63) is 11.3 Å². The van der Waals surface area contributed by atoms with Gasteiger partial charge in [0, 0.05) is 11.9 Å². The van der Waals surface area contributed by atoms with E-state index in [2.05, 4.69) is 32.0 Å². The summed E-state index contributed by atoms with van der Waals surface area (Å²) < 4.78 is 0. The second kappa shape index (κ2) is 4.44. The Hall–Kier alpha value is -0.590. The molecule has 0 amide bonds. The van der Waals surface area contributed by atoms with Crippen LogP contribution in [0.15, 0.2) is 16.3 Å². The molecule has 0 saturated carbocycles. The van der Waals surface area contributed by atoms with Gasteiger partial charge in [-0.2, -0.15) is 0 Å². The molecule has 1 rings (SSSR count). The number of aliphatic imine (C=N–C) groups is 1. The van der Waals surface area contributed by atoms with Gasteiger partial charge < -0.3 is 0 Å². The van der Waals surface area contributed by atoms with Crippen molar-refractivity contribution in [3.8, 4) is 0 Å². The number of hydrogen-bond acceptors (Lipinski definition) is 1. The Labute approximate surface area is 75.6 Å². The van der Waals surface area contributed by atoms with E-state index < -0.39 is 0 Å². The Bertz CT molecular complexity index is 199. The number of rotatable bonds is 2. The maximum Gasteiger partial charge on any atom is 0.0389 e. The van der Waals surface area contributed by atoms with Crippen molar-refractivity contribution in [1.82, 2.24) is 0 Å². The fourth-order valence-electron chi connectivity index (χ4n) is 1.45. The third-order valence-electron chi connectivity index (χ3n) is 2.24. The lowest BCUT2D eigenvalue weighted by Crippen LogP contribution is -1.97. The molecular weight excluding hydrogens is 146 g/mol. The molecule has 0 bridgehead atoms. The minimum Gasteiger partial charge on any atom is -0.265 e. The van der Waals surface area contributed by atoms with Gasteiger partial charge in [0.15, 0.2) is 0 Å². The van der Waals surface area contributed by atoms with E-state index in [0.29, 0.717) is 5.92 Å². The Balaban J connectivity index is 2.60. The molecule has 0 atom stereocenters. The van der Waals surface area contributed by atoms with Gasteiger partial charge >= 0.3 is 0 Å². The lowest BCUT2D eigenvalue weighted by Gasteiger charge is -2.13. The highest BCUT2D eigenvalue weighted by Gasteiger charge is 2.06. The Morgan fingerprint density at radius 1 is 1.25 bits per heavy atom. The van der Waals surface area contributed by atoms with E-state index in [9.17, 15) is 0 Å². The van der Waals surface area contributed by atoms with Crippen molar-refractivity contribution in [3.63, 3.8) is 0 Å². The van der Waals surface area contributed by atoms with Gasteiger partial charge in [-0.1, -0.05) is 19.4 Å². The van der Waals surface area contributed by atoms with Gasteiger partial charge in [-0.25, -0.2) is 0 Å². The minimum atomic E-state index is 0.576. The Kier molecular flexibility index (Phi) is 3.51. The van der Waals surface area contributed by atoms with E-state index in [1.165, 1.54) is 37.0 Å². The quantitative estimate of drug-likeness (QED) is 0.555. The van der Waals surface area contributed by atoms with Crippen LogP contribution in [0.2, 0.25) is 0 Å². The van der Waals surface area contributed by atoms with Gasteiger partial charge in [0.05, 0.1) is 0 Å². The largest absolute Gasteiger partial charge is 0.265 e. The fourth-order valence-corrected chi connectivity index (χ4v) is 1.45. The molecule has 12 heavy (non-hydrogen) atoms. The van der Waals surface area contributed by atoms with Crippen molar-refractivity contribution < 1.29 is 0 Å². The molecule has 0 aliphatic heterocycles. The molecule has 1 aliphatic carbocycles. The van der Waals surface area contributed by atoms with Crippen LogP contribution in [0.3, 0.4) is 0 Å². The number of allylic oxidation sites excluding steroid dienone is 2. The lowest BCUT2D eigenvalue weighted by molar-refractivity contribution is 0.666. The Morgan fingerprint density at radius 2 is 1.92 bits per heavy atom. The molecule has 1 aliphatic rings. The van der Waals surface area contributed by atoms with Crippen LogP contribution in [0.5, 0.6) is 0 Å². The molecule has 0 fully saturated rings. The Morgan fingerprint density at radius 3 is 2.50 bits per heavy atom. The van der Waals surface area contributed by atoms with Crippen LogP contribution in [0.1, 0.15) is 46.5 Å². The van der Waals surface area contributed by atoms with Crippen LogP contribution in [-0.2, 0) is 0 Å². The molecule has 0 aromatic rings. The van der Waals surface area contributed by atoms with E-state index in [-0.39, 0.29) is 0 Å². The molecule has 68 valence electrons. The van der Waals surface area contributed by atoms with Crippen molar-refractivity contribution >= 4 is 6.21 Å². The molecule has 0 heterocycles. The van der Waals surface area contributed by atoms with Crippen LogP contribution in [0.4, 0.5) is 0 Å². The van der Waals surface area contributed by atoms with Crippen molar-refractivity contribution in [2.24, 2.45) is 10.9 Å².